The van der Waals surface area contributed by atoms with Crippen molar-refractivity contribution < 1.29 is 9.46 Å². The summed E-state index contributed by atoms with van der Waals surface area (Å²) in [6.07, 6.45) is 6.34. The normalized spacial score (nSPS) is 15.7. The molecule has 1 aliphatic rings. The van der Waals surface area contributed by atoms with Crippen LogP contribution in [0.3, 0.4) is 0 Å². The number of hydrogen-bond acceptors (Lipinski definition) is 2. The van der Waals surface area contributed by atoms with Crippen LogP contribution in [0.4, 0.5) is 0 Å². The zero-order chi connectivity index (χ0) is 8.55. The maximum Gasteiger partial charge on any atom is 0.429 e. The molecule has 0 aliphatic heterocycles. The van der Waals surface area contributed by atoms with Gasteiger partial charge in [0.15, 0.2) is 6.20 Å². The third-order valence-corrected chi connectivity index (χ3v) is 2.25. The molecule has 1 aromatic heterocycles. The van der Waals surface area contributed by atoms with Gasteiger partial charge in [-0.15, -0.1) is 9.46 Å². The Hall–Kier alpha value is -1.32. The third kappa shape index (κ3) is 1.09. The molecule has 2 rings (SSSR count). The van der Waals surface area contributed by atoms with E-state index in [1.165, 1.54) is 6.20 Å². The largest absolute Gasteiger partial charge is 0.614 e. The average Bonchev–Trinajstić information content (AvgIpc) is 2.04. The lowest BCUT2D eigenvalue weighted by molar-refractivity contribution is -0.750. The molecular formula is C8H10N2O2. The molecule has 64 valence electrons. The minimum absolute atomic E-state index is 0.581. The summed E-state index contributed by atoms with van der Waals surface area (Å²) in [5.41, 5.74) is 1.68. The van der Waals surface area contributed by atoms with Crippen LogP contribution in [0.2, 0.25) is 0 Å². The van der Waals surface area contributed by atoms with Crippen molar-refractivity contribution in [2.45, 2.75) is 25.7 Å². The van der Waals surface area contributed by atoms with Gasteiger partial charge in [-0.2, -0.15) is 0 Å². The maximum absolute atomic E-state index is 11.2. The smallest absolute Gasteiger partial charge is 0.429 e. The molecule has 4 heteroatoms. The summed E-state index contributed by atoms with van der Waals surface area (Å²) in [5, 5.41) is 22.0. The average molecular weight is 166 g/mol. The van der Waals surface area contributed by atoms with Gasteiger partial charge in [-0.05, 0) is 19.3 Å². The number of hydrogen-bond donors (Lipinski definition) is 0. The van der Waals surface area contributed by atoms with Gasteiger partial charge in [-0.3, -0.25) is 0 Å². The lowest BCUT2D eigenvalue weighted by atomic mass is 9.98. The van der Waals surface area contributed by atoms with E-state index in [1.54, 1.807) is 0 Å². The zero-order valence-electron chi connectivity index (χ0n) is 6.69. The van der Waals surface area contributed by atoms with Crippen molar-refractivity contribution in [1.82, 2.24) is 0 Å². The fourth-order valence-corrected chi connectivity index (χ4v) is 1.66. The standard InChI is InChI=1S/C8H10N2O2/c11-9-5-7-3-1-2-4-8(7)10(12)6-9/h5-6H,1-4H2. The van der Waals surface area contributed by atoms with Gasteiger partial charge in [-0.25, -0.2) is 0 Å². The van der Waals surface area contributed by atoms with Gasteiger partial charge < -0.3 is 10.4 Å². The molecule has 0 aromatic carbocycles. The minimum Gasteiger partial charge on any atom is -0.614 e. The molecule has 0 bridgehead atoms. The quantitative estimate of drug-likeness (QED) is 0.397. The van der Waals surface area contributed by atoms with E-state index in [4.69, 9.17) is 0 Å². The van der Waals surface area contributed by atoms with E-state index in [1.807, 2.05) is 0 Å². The molecule has 0 N–H and O–H groups in total. The molecule has 0 atom stereocenters. The van der Waals surface area contributed by atoms with Crippen LogP contribution in [0.5, 0.6) is 0 Å². The van der Waals surface area contributed by atoms with E-state index in [0.29, 0.717) is 9.46 Å². The van der Waals surface area contributed by atoms with Crippen molar-refractivity contribution >= 4 is 0 Å². The molecule has 12 heavy (non-hydrogen) atoms. The van der Waals surface area contributed by atoms with E-state index in [-0.39, 0.29) is 0 Å². The summed E-state index contributed by atoms with van der Waals surface area (Å²) in [7, 11) is 0. The highest BCUT2D eigenvalue weighted by Crippen LogP contribution is 2.15. The number of rotatable bonds is 0. The highest BCUT2D eigenvalue weighted by atomic mass is 16.5. The number of aromatic nitrogens is 2. The Labute approximate surface area is 70.2 Å². The Balaban J connectivity index is 2.53. The van der Waals surface area contributed by atoms with E-state index in [9.17, 15) is 10.4 Å². The number of nitrogens with zero attached hydrogens (tertiary/aromatic N) is 2. The van der Waals surface area contributed by atoms with E-state index in [0.717, 1.165) is 43.3 Å². The van der Waals surface area contributed by atoms with Gasteiger partial charge in [0.2, 0.25) is 5.69 Å². The summed E-state index contributed by atoms with van der Waals surface area (Å²) in [6, 6.07) is 0. The van der Waals surface area contributed by atoms with Crippen LogP contribution in [-0.2, 0) is 12.8 Å². The van der Waals surface area contributed by atoms with Crippen LogP contribution in [-0.4, -0.2) is 0 Å². The molecule has 1 aromatic rings. The van der Waals surface area contributed by atoms with E-state index in [2.05, 4.69) is 0 Å². The molecule has 0 saturated heterocycles. The van der Waals surface area contributed by atoms with Crippen LogP contribution in [0.15, 0.2) is 12.5 Å². The van der Waals surface area contributed by atoms with Gasteiger partial charge in [0, 0.05) is 6.42 Å². The topological polar surface area (TPSA) is 53.9 Å². The molecule has 1 aliphatic carbocycles. The first-order valence-electron chi connectivity index (χ1n) is 4.11. The van der Waals surface area contributed by atoms with Gasteiger partial charge in [0.25, 0.3) is 0 Å². The molecule has 0 spiro atoms. The first-order chi connectivity index (χ1) is 5.77. The number of fused-ring (bicyclic) bond motifs is 1. The Morgan fingerprint density at radius 1 is 1.17 bits per heavy atom. The molecular weight excluding hydrogens is 156 g/mol. The highest BCUT2D eigenvalue weighted by molar-refractivity contribution is 5.13. The molecule has 0 radical (unpaired) electrons. The Morgan fingerprint density at radius 2 is 1.92 bits per heavy atom. The van der Waals surface area contributed by atoms with E-state index < -0.39 is 0 Å². The molecule has 1 heterocycles. The van der Waals surface area contributed by atoms with Crippen LogP contribution in [0.1, 0.15) is 24.1 Å². The molecule has 0 amide bonds. The van der Waals surface area contributed by atoms with Crippen molar-refractivity contribution in [2.75, 3.05) is 0 Å². The van der Waals surface area contributed by atoms with Crippen molar-refractivity contribution in [3.05, 3.63) is 34.2 Å². The summed E-state index contributed by atoms with van der Waals surface area (Å²) >= 11 is 0. The SMILES string of the molecule is [O-][n+]1cc2c([n+]([O-])c1)CCCC2. The van der Waals surface area contributed by atoms with Gasteiger partial charge in [0.1, 0.15) is 0 Å². The van der Waals surface area contributed by atoms with Crippen LogP contribution >= 0.6 is 0 Å². The Kier molecular flexibility index (Phi) is 1.60. The lowest BCUT2D eigenvalue weighted by Gasteiger charge is -2.12. The Morgan fingerprint density at radius 3 is 2.75 bits per heavy atom. The van der Waals surface area contributed by atoms with Crippen molar-refractivity contribution in [3.63, 3.8) is 0 Å². The summed E-state index contributed by atoms with van der Waals surface area (Å²) in [6.45, 7) is 0. The van der Waals surface area contributed by atoms with Crippen LogP contribution in [0, 0.1) is 10.4 Å². The monoisotopic (exact) mass is 166 g/mol. The fraction of sp³-hybridized carbons (Fsp3) is 0.500. The van der Waals surface area contributed by atoms with Crippen LogP contribution in [0.25, 0.3) is 0 Å². The lowest BCUT2D eigenvalue weighted by Crippen LogP contribution is -2.45. The van der Waals surface area contributed by atoms with Crippen molar-refractivity contribution in [1.29, 1.82) is 0 Å². The second-order valence-electron chi connectivity index (χ2n) is 3.11. The molecule has 0 fully saturated rings. The second-order valence-corrected chi connectivity index (χ2v) is 3.11. The second kappa shape index (κ2) is 2.62. The van der Waals surface area contributed by atoms with Crippen LogP contribution < -0.4 is 9.46 Å². The van der Waals surface area contributed by atoms with Crippen molar-refractivity contribution in [3.8, 4) is 0 Å². The fourth-order valence-electron chi connectivity index (χ4n) is 1.66. The predicted octanol–water partition coefficient (Wildman–Crippen LogP) is -0.168. The van der Waals surface area contributed by atoms with Gasteiger partial charge >= 0.3 is 6.33 Å². The van der Waals surface area contributed by atoms with E-state index >= 15 is 0 Å². The summed E-state index contributed by atoms with van der Waals surface area (Å²) in [4.78, 5) is 0. The van der Waals surface area contributed by atoms with Gasteiger partial charge in [0.05, 0.1) is 5.56 Å². The number of aryl methyl sites for hydroxylation is 1. The predicted molar refractivity (Wildman–Crippen MR) is 41.0 cm³/mol. The third-order valence-electron chi connectivity index (χ3n) is 2.25. The molecule has 0 unspecified atom stereocenters. The Bertz CT molecular complexity index is 312. The minimum atomic E-state index is 0.581. The van der Waals surface area contributed by atoms with Gasteiger partial charge in [-0.1, -0.05) is 0 Å². The molecule has 4 nitrogen and oxygen atoms in total. The molecule has 0 saturated carbocycles. The first kappa shape index (κ1) is 7.34. The summed E-state index contributed by atoms with van der Waals surface area (Å²) < 4.78 is 1.28. The zero-order valence-corrected chi connectivity index (χ0v) is 6.69. The first-order valence-corrected chi connectivity index (χ1v) is 4.11. The van der Waals surface area contributed by atoms with Crippen molar-refractivity contribution in [2.24, 2.45) is 0 Å². The summed E-state index contributed by atoms with van der Waals surface area (Å²) in [5.74, 6) is 0. The maximum atomic E-state index is 11.2. The highest BCUT2D eigenvalue weighted by Gasteiger charge is 2.20.